The van der Waals surface area contributed by atoms with Crippen LogP contribution < -0.4 is 5.32 Å². The van der Waals surface area contributed by atoms with Gasteiger partial charge in [0.15, 0.2) is 0 Å². The molecule has 2 aromatic rings. The van der Waals surface area contributed by atoms with Crippen LogP contribution in [-0.4, -0.2) is 53.2 Å². The van der Waals surface area contributed by atoms with Crippen molar-refractivity contribution in [2.45, 2.75) is 31.6 Å². The number of amides is 1. The zero-order valence-electron chi connectivity index (χ0n) is 14.2. The summed E-state index contributed by atoms with van der Waals surface area (Å²) in [6.07, 6.45) is -1.53. The molecule has 1 aliphatic carbocycles. The number of ether oxygens (including phenoxy) is 1. The van der Waals surface area contributed by atoms with Crippen LogP contribution in [0.4, 0.5) is 0 Å². The van der Waals surface area contributed by atoms with Crippen molar-refractivity contribution in [1.82, 2.24) is 10.5 Å². The Labute approximate surface area is 145 Å². The van der Waals surface area contributed by atoms with Crippen LogP contribution in [0.1, 0.15) is 22.5 Å². The minimum atomic E-state index is -1.04. The quantitative estimate of drug-likeness (QED) is 0.750. The number of benzene rings is 1. The van der Waals surface area contributed by atoms with Gasteiger partial charge >= 0.3 is 0 Å². The molecule has 0 saturated heterocycles. The summed E-state index contributed by atoms with van der Waals surface area (Å²) in [4.78, 5) is 12.8. The highest BCUT2D eigenvalue weighted by atomic mass is 16.5. The first-order valence-electron chi connectivity index (χ1n) is 8.20. The highest BCUT2D eigenvalue weighted by molar-refractivity contribution is 6.01. The Kier molecular flexibility index (Phi) is 5.17. The van der Waals surface area contributed by atoms with Crippen molar-refractivity contribution in [2.24, 2.45) is 5.92 Å². The van der Waals surface area contributed by atoms with Gasteiger partial charge < -0.3 is 24.8 Å². The number of aryl methyl sites for hydroxylation is 1. The molecule has 7 nitrogen and oxygen atoms in total. The van der Waals surface area contributed by atoms with Crippen LogP contribution in [0.5, 0.6) is 0 Å². The molecule has 1 aromatic carbocycles. The molecule has 3 rings (SSSR count). The van der Waals surface area contributed by atoms with Crippen molar-refractivity contribution in [3.63, 3.8) is 0 Å². The Morgan fingerprint density at radius 1 is 1.32 bits per heavy atom. The highest BCUT2D eigenvalue weighted by Crippen LogP contribution is 2.29. The molecule has 134 valence electrons. The Morgan fingerprint density at radius 3 is 2.72 bits per heavy atom. The molecule has 1 saturated carbocycles. The molecule has 0 spiro atoms. The molecule has 1 heterocycles. The fraction of sp³-hybridized carbons (Fsp3) is 0.444. The van der Waals surface area contributed by atoms with Crippen LogP contribution in [0, 0.1) is 12.8 Å². The smallest absolute Gasteiger partial charge is 0.257 e. The van der Waals surface area contributed by atoms with Crippen LogP contribution in [0.25, 0.3) is 11.3 Å². The van der Waals surface area contributed by atoms with Gasteiger partial charge in [0.05, 0.1) is 18.8 Å². The summed E-state index contributed by atoms with van der Waals surface area (Å²) in [6.45, 7) is 1.99. The predicted molar refractivity (Wildman–Crippen MR) is 89.9 cm³/mol. The molecule has 25 heavy (non-hydrogen) atoms. The fourth-order valence-corrected chi connectivity index (χ4v) is 3.32. The van der Waals surface area contributed by atoms with Crippen molar-refractivity contribution < 1.29 is 24.3 Å². The number of carbonyl (C=O) groups excluding carboxylic acids is 1. The first-order chi connectivity index (χ1) is 12.0. The van der Waals surface area contributed by atoms with Gasteiger partial charge in [0.25, 0.3) is 5.91 Å². The van der Waals surface area contributed by atoms with E-state index in [-0.39, 0.29) is 11.8 Å². The van der Waals surface area contributed by atoms with Crippen LogP contribution in [0.3, 0.4) is 0 Å². The second kappa shape index (κ2) is 7.35. The third-order valence-electron chi connectivity index (χ3n) is 4.64. The summed E-state index contributed by atoms with van der Waals surface area (Å²) < 4.78 is 10.3. The molecule has 1 amide bonds. The van der Waals surface area contributed by atoms with Crippen molar-refractivity contribution >= 4 is 5.91 Å². The van der Waals surface area contributed by atoms with E-state index in [1.807, 2.05) is 30.3 Å². The summed E-state index contributed by atoms with van der Waals surface area (Å²) in [5, 5.41) is 27.1. The summed E-state index contributed by atoms with van der Waals surface area (Å²) in [7, 11) is 1.54. The average Bonchev–Trinajstić information content (AvgIpc) is 3.12. The van der Waals surface area contributed by atoms with E-state index < -0.39 is 18.2 Å². The Balaban J connectivity index is 1.80. The number of aliphatic hydroxyl groups excluding tert-OH is 2. The number of nitrogens with one attached hydrogen (secondary N) is 1. The summed E-state index contributed by atoms with van der Waals surface area (Å²) in [6, 6.07) is 8.72. The number of aromatic nitrogens is 1. The molecule has 1 aliphatic rings. The van der Waals surface area contributed by atoms with Gasteiger partial charge in [-0.25, -0.2) is 0 Å². The average molecular weight is 346 g/mol. The molecule has 1 aromatic heterocycles. The fourth-order valence-electron chi connectivity index (χ4n) is 3.32. The predicted octanol–water partition coefficient (Wildman–Crippen LogP) is 1.14. The third kappa shape index (κ3) is 3.44. The van der Waals surface area contributed by atoms with Gasteiger partial charge in [-0.2, -0.15) is 0 Å². The van der Waals surface area contributed by atoms with Gasteiger partial charge in [0.1, 0.15) is 23.1 Å². The lowest BCUT2D eigenvalue weighted by molar-refractivity contribution is -0.00552. The second-order valence-corrected chi connectivity index (χ2v) is 6.34. The van der Waals surface area contributed by atoms with E-state index in [2.05, 4.69) is 10.5 Å². The van der Waals surface area contributed by atoms with Crippen LogP contribution in [0.2, 0.25) is 0 Å². The van der Waals surface area contributed by atoms with Gasteiger partial charge in [-0.15, -0.1) is 0 Å². The summed E-state index contributed by atoms with van der Waals surface area (Å²) in [5.74, 6) is -0.202. The minimum Gasteiger partial charge on any atom is -0.390 e. The maximum absolute atomic E-state index is 12.8. The van der Waals surface area contributed by atoms with E-state index in [9.17, 15) is 15.0 Å². The van der Waals surface area contributed by atoms with Crippen molar-refractivity contribution in [2.75, 3.05) is 13.7 Å². The van der Waals surface area contributed by atoms with Gasteiger partial charge in [0, 0.05) is 18.6 Å². The van der Waals surface area contributed by atoms with Crippen LogP contribution in [-0.2, 0) is 4.74 Å². The normalized spacial score (nSPS) is 25.9. The SMILES string of the molecule is COCC1CC(NC(=O)c2c(-c3ccccc3)noc2C)C(O)C1O. The second-order valence-electron chi connectivity index (χ2n) is 6.34. The van der Waals surface area contributed by atoms with Crippen LogP contribution >= 0.6 is 0 Å². The summed E-state index contributed by atoms with van der Waals surface area (Å²) in [5.41, 5.74) is 1.56. The molecular formula is C18H22N2O5. The molecule has 0 radical (unpaired) electrons. The first kappa shape index (κ1) is 17.6. The van der Waals surface area contributed by atoms with Crippen molar-refractivity contribution in [3.05, 3.63) is 41.7 Å². The Bertz CT molecular complexity index is 730. The first-order valence-corrected chi connectivity index (χ1v) is 8.20. The number of rotatable bonds is 5. The van der Waals surface area contributed by atoms with Gasteiger partial charge in [0.2, 0.25) is 0 Å². The van der Waals surface area contributed by atoms with Crippen LogP contribution in [0.15, 0.2) is 34.9 Å². The Hall–Kier alpha value is -2.22. The van der Waals surface area contributed by atoms with E-state index in [1.165, 1.54) is 7.11 Å². The Morgan fingerprint density at radius 2 is 2.04 bits per heavy atom. The number of hydrogen-bond acceptors (Lipinski definition) is 6. The molecule has 3 N–H and O–H groups in total. The van der Waals surface area contributed by atoms with E-state index in [1.54, 1.807) is 6.92 Å². The zero-order chi connectivity index (χ0) is 18.0. The monoisotopic (exact) mass is 346 g/mol. The molecule has 4 atom stereocenters. The topological polar surface area (TPSA) is 105 Å². The molecule has 0 aliphatic heterocycles. The van der Waals surface area contributed by atoms with Crippen molar-refractivity contribution in [1.29, 1.82) is 0 Å². The maximum Gasteiger partial charge on any atom is 0.257 e. The number of carbonyl (C=O) groups is 1. The zero-order valence-corrected chi connectivity index (χ0v) is 14.2. The molecule has 4 unspecified atom stereocenters. The maximum atomic E-state index is 12.8. The molecule has 0 bridgehead atoms. The van der Waals surface area contributed by atoms with Gasteiger partial charge in [-0.05, 0) is 13.3 Å². The lowest BCUT2D eigenvalue weighted by atomic mass is 10.0. The molecular weight excluding hydrogens is 324 g/mol. The number of nitrogens with zero attached hydrogens (tertiary/aromatic N) is 1. The van der Waals surface area contributed by atoms with E-state index in [0.29, 0.717) is 30.0 Å². The largest absolute Gasteiger partial charge is 0.390 e. The standard InChI is InChI=1S/C18H22N2O5/c1-10-14(15(20-25-10)11-6-4-3-5-7-11)18(23)19-13-8-12(9-24-2)16(21)17(13)22/h3-7,12-13,16-17,21-22H,8-9H2,1-2H3,(H,19,23). The molecule has 7 heteroatoms. The lowest BCUT2D eigenvalue weighted by Gasteiger charge is -2.18. The third-order valence-corrected chi connectivity index (χ3v) is 4.64. The van der Waals surface area contributed by atoms with E-state index in [0.717, 1.165) is 5.56 Å². The minimum absolute atomic E-state index is 0.220. The highest BCUT2D eigenvalue weighted by Gasteiger charge is 2.42. The molecule has 1 fully saturated rings. The van der Waals surface area contributed by atoms with Gasteiger partial charge in [-0.1, -0.05) is 35.5 Å². The number of hydrogen-bond donors (Lipinski definition) is 3. The van der Waals surface area contributed by atoms with E-state index >= 15 is 0 Å². The van der Waals surface area contributed by atoms with Gasteiger partial charge in [-0.3, -0.25) is 4.79 Å². The number of methoxy groups -OCH3 is 1. The number of aliphatic hydroxyl groups is 2. The summed E-state index contributed by atoms with van der Waals surface area (Å²) >= 11 is 0. The van der Waals surface area contributed by atoms with Crippen molar-refractivity contribution in [3.8, 4) is 11.3 Å². The lowest BCUT2D eigenvalue weighted by Crippen LogP contribution is -2.43. The van der Waals surface area contributed by atoms with E-state index in [4.69, 9.17) is 9.26 Å².